The van der Waals surface area contributed by atoms with Crippen molar-refractivity contribution < 1.29 is 18.0 Å². The molecular formula is C27H32F3N9O. The van der Waals surface area contributed by atoms with Crippen LogP contribution >= 0.6 is 0 Å². The molecular weight excluding hydrogens is 523 g/mol. The molecule has 5 rings (SSSR count). The Morgan fingerprint density at radius 2 is 1.93 bits per heavy atom. The lowest BCUT2D eigenvalue weighted by Gasteiger charge is -2.23. The zero-order chi connectivity index (χ0) is 28.8. The van der Waals surface area contributed by atoms with E-state index < -0.39 is 17.6 Å². The van der Waals surface area contributed by atoms with Crippen LogP contribution in [0.3, 0.4) is 0 Å². The van der Waals surface area contributed by atoms with Gasteiger partial charge in [-0.1, -0.05) is 0 Å². The summed E-state index contributed by atoms with van der Waals surface area (Å²) in [5.41, 5.74) is 9.94. The van der Waals surface area contributed by atoms with E-state index in [-0.39, 0.29) is 17.3 Å². The molecule has 212 valence electrons. The lowest BCUT2D eigenvalue weighted by atomic mass is 10.1. The largest absolute Gasteiger partial charge is 0.416 e. The van der Waals surface area contributed by atoms with Crippen molar-refractivity contribution in [3.05, 3.63) is 70.9 Å². The molecule has 0 bridgehead atoms. The number of carbonyl (C=O) groups excluding carboxylic acids is 1. The quantitative estimate of drug-likeness (QED) is 0.425. The molecule has 0 saturated carbocycles. The molecule has 0 spiro atoms. The van der Waals surface area contributed by atoms with Crippen LogP contribution in [0.5, 0.6) is 0 Å². The molecule has 3 aromatic rings. The molecule has 1 aromatic carbocycles. The predicted molar refractivity (Wildman–Crippen MR) is 147 cm³/mol. The van der Waals surface area contributed by atoms with E-state index in [2.05, 4.69) is 31.3 Å². The fourth-order valence-corrected chi connectivity index (χ4v) is 4.86. The minimum Gasteiger partial charge on any atom is -0.370 e. The van der Waals surface area contributed by atoms with Gasteiger partial charge in [-0.3, -0.25) is 19.5 Å². The summed E-state index contributed by atoms with van der Waals surface area (Å²) >= 11 is 0. The number of nitrogens with zero attached hydrogens (tertiary/aromatic N) is 6. The van der Waals surface area contributed by atoms with Crippen LogP contribution in [0.2, 0.25) is 0 Å². The first-order valence-corrected chi connectivity index (χ1v) is 12.8. The van der Waals surface area contributed by atoms with Crippen molar-refractivity contribution in [1.29, 1.82) is 0 Å². The van der Waals surface area contributed by atoms with Gasteiger partial charge in [-0.15, -0.1) is 5.53 Å². The van der Waals surface area contributed by atoms with Crippen LogP contribution in [0, 0.1) is 13.8 Å². The molecule has 13 heteroatoms. The molecule has 1 saturated heterocycles. The number of halogens is 3. The summed E-state index contributed by atoms with van der Waals surface area (Å²) in [4.78, 5) is 21.6. The number of carbonyl (C=O) groups is 1. The normalized spacial score (nSPS) is 17.4. The molecule has 2 aromatic heterocycles. The van der Waals surface area contributed by atoms with Crippen molar-refractivity contribution >= 4 is 28.7 Å². The van der Waals surface area contributed by atoms with E-state index in [0.29, 0.717) is 30.2 Å². The molecule has 0 radical (unpaired) electrons. The Hall–Kier alpha value is -4.10. The Balaban J connectivity index is 1.39. The SMILES string of the molecule is Cc1ncc(C(=O)Nc2cc(N3CC[C@@H](N(C)C)C3)cc(C(F)(F)F)c2)cc1N1C=C(c2cnn(C)c2C)NN1. The lowest BCUT2D eigenvalue weighted by molar-refractivity contribution is -0.137. The number of alkyl halides is 3. The maximum Gasteiger partial charge on any atom is 0.416 e. The third kappa shape index (κ3) is 5.47. The third-order valence-corrected chi connectivity index (χ3v) is 7.44. The molecule has 3 N–H and O–H groups in total. The molecule has 0 unspecified atom stereocenters. The van der Waals surface area contributed by atoms with Crippen LogP contribution in [0.4, 0.5) is 30.2 Å². The van der Waals surface area contributed by atoms with Crippen molar-refractivity contribution in [2.24, 2.45) is 7.05 Å². The van der Waals surface area contributed by atoms with Gasteiger partial charge in [0.1, 0.15) is 0 Å². The number of hydrazine groups is 2. The second-order valence-corrected chi connectivity index (χ2v) is 10.3. The molecule has 40 heavy (non-hydrogen) atoms. The Kier molecular flexibility index (Phi) is 7.19. The second kappa shape index (κ2) is 10.5. The fraction of sp³-hybridized carbons (Fsp3) is 0.370. The van der Waals surface area contributed by atoms with Crippen molar-refractivity contribution in [2.75, 3.05) is 42.4 Å². The molecule has 10 nitrogen and oxygen atoms in total. The van der Waals surface area contributed by atoms with E-state index in [9.17, 15) is 18.0 Å². The minimum absolute atomic E-state index is 0.0699. The first kappa shape index (κ1) is 27.5. The predicted octanol–water partition coefficient (Wildman–Crippen LogP) is 3.67. The number of likely N-dealkylation sites (N-methyl/N-ethyl adjacent to an activating group) is 1. The van der Waals surface area contributed by atoms with E-state index >= 15 is 0 Å². The van der Waals surface area contributed by atoms with Crippen LogP contribution < -0.4 is 26.2 Å². The highest BCUT2D eigenvalue weighted by Gasteiger charge is 2.33. The first-order valence-electron chi connectivity index (χ1n) is 12.8. The Bertz CT molecular complexity index is 1460. The summed E-state index contributed by atoms with van der Waals surface area (Å²) in [5.74, 6) is -0.564. The van der Waals surface area contributed by atoms with E-state index in [1.54, 1.807) is 34.9 Å². The third-order valence-electron chi connectivity index (χ3n) is 7.44. The summed E-state index contributed by atoms with van der Waals surface area (Å²) in [6.45, 7) is 5.00. The molecule has 2 aliphatic rings. The van der Waals surface area contributed by atoms with E-state index in [4.69, 9.17) is 0 Å². The Morgan fingerprint density at radius 1 is 1.15 bits per heavy atom. The van der Waals surface area contributed by atoms with Gasteiger partial charge in [0.15, 0.2) is 0 Å². The van der Waals surface area contributed by atoms with E-state index in [1.807, 2.05) is 39.2 Å². The summed E-state index contributed by atoms with van der Waals surface area (Å²) in [5, 5.41) is 8.61. The number of nitrogens with one attached hydrogen (secondary N) is 3. The van der Waals surface area contributed by atoms with E-state index in [0.717, 1.165) is 35.5 Å². The van der Waals surface area contributed by atoms with Crippen LogP contribution in [0.25, 0.3) is 5.70 Å². The Morgan fingerprint density at radius 3 is 2.58 bits per heavy atom. The molecule has 2 aliphatic heterocycles. The molecule has 1 atom stereocenters. The highest BCUT2D eigenvalue weighted by atomic mass is 19.4. The fourth-order valence-electron chi connectivity index (χ4n) is 4.86. The van der Waals surface area contributed by atoms with Gasteiger partial charge in [-0.2, -0.15) is 18.3 Å². The number of benzene rings is 1. The number of rotatable bonds is 6. The second-order valence-electron chi connectivity index (χ2n) is 10.3. The number of amides is 1. The van der Waals surface area contributed by atoms with Crippen LogP contribution in [-0.2, 0) is 13.2 Å². The standard InChI is InChI=1S/C27H32F3N9O/c1-16-25(39-15-24(34-35-39)23-13-32-37(5)17(23)2)8-18(12-31-16)26(40)33-20-9-19(27(28,29)30)10-22(11-20)38-7-6-21(14-38)36(3)4/h8-13,15,21,34-35H,6-7,14H2,1-5H3,(H,33,40)/t21-/m1/s1. The summed E-state index contributed by atoms with van der Waals surface area (Å²) < 4.78 is 43.1. The maximum atomic E-state index is 13.8. The van der Waals surface area contributed by atoms with Gasteiger partial charge in [0, 0.05) is 61.2 Å². The number of pyridine rings is 1. The van der Waals surface area contributed by atoms with Crippen molar-refractivity contribution in [3.8, 4) is 0 Å². The number of aromatic nitrogens is 3. The highest BCUT2D eigenvalue weighted by molar-refractivity contribution is 6.05. The van der Waals surface area contributed by atoms with Crippen LogP contribution in [0.1, 0.15) is 39.3 Å². The smallest absolute Gasteiger partial charge is 0.370 e. The van der Waals surface area contributed by atoms with Gasteiger partial charge in [0.25, 0.3) is 5.91 Å². The lowest BCUT2D eigenvalue weighted by Crippen LogP contribution is -2.36. The maximum absolute atomic E-state index is 13.8. The Labute approximate surface area is 230 Å². The zero-order valence-electron chi connectivity index (χ0n) is 23.0. The first-order chi connectivity index (χ1) is 18.9. The summed E-state index contributed by atoms with van der Waals surface area (Å²) in [7, 11) is 5.77. The molecule has 1 fully saturated rings. The van der Waals surface area contributed by atoms with E-state index in [1.165, 1.54) is 6.20 Å². The topological polar surface area (TPSA) is 93.6 Å². The van der Waals surface area contributed by atoms with Gasteiger partial charge >= 0.3 is 6.18 Å². The van der Waals surface area contributed by atoms with Gasteiger partial charge in [0.2, 0.25) is 0 Å². The van der Waals surface area contributed by atoms with Crippen molar-refractivity contribution in [2.45, 2.75) is 32.5 Å². The van der Waals surface area contributed by atoms with Gasteiger partial charge in [-0.25, -0.2) is 0 Å². The van der Waals surface area contributed by atoms with Crippen molar-refractivity contribution in [3.63, 3.8) is 0 Å². The van der Waals surface area contributed by atoms with Gasteiger partial charge < -0.3 is 20.5 Å². The number of aryl methyl sites for hydroxylation is 2. The van der Waals surface area contributed by atoms with Crippen molar-refractivity contribution in [1.82, 2.24) is 30.6 Å². The number of anilines is 3. The number of hydrogen-bond acceptors (Lipinski definition) is 8. The zero-order valence-corrected chi connectivity index (χ0v) is 23.0. The van der Waals surface area contributed by atoms with Gasteiger partial charge in [-0.05, 0) is 58.6 Å². The van der Waals surface area contributed by atoms with Crippen LogP contribution in [-0.4, -0.2) is 58.8 Å². The minimum atomic E-state index is -4.56. The van der Waals surface area contributed by atoms with Gasteiger partial charge in [0.05, 0.1) is 34.4 Å². The number of hydrogen-bond donors (Lipinski definition) is 3. The highest BCUT2D eigenvalue weighted by Crippen LogP contribution is 2.36. The molecule has 4 heterocycles. The van der Waals surface area contributed by atoms with Crippen LogP contribution in [0.15, 0.2) is 42.9 Å². The average molecular weight is 556 g/mol. The monoisotopic (exact) mass is 555 g/mol. The average Bonchev–Trinajstić information content (AvgIpc) is 3.65. The summed E-state index contributed by atoms with van der Waals surface area (Å²) in [6.07, 6.45) is 1.27. The summed E-state index contributed by atoms with van der Waals surface area (Å²) in [6, 6.07) is 5.57. The molecule has 1 amide bonds. The molecule has 0 aliphatic carbocycles.